The van der Waals surface area contributed by atoms with Crippen LogP contribution in [0.4, 0.5) is 0 Å². The molecule has 1 rings (SSSR count). The molecule has 1 aromatic rings. The zero-order valence-electron chi connectivity index (χ0n) is 6.90. The van der Waals surface area contributed by atoms with E-state index in [4.69, 9.17) is 14.3 Å². The number of ether oxygens (including phenoxy) is 1. The second kappa shape index (κ2) is 4.30. The molecule has 0 amide bonds. The Morgan fingerprint density at radius 1 is 1.85 bits per heavy atom. The second-order valence-electron chi connectivity index (χ2n) is 2.23. The third-order valence-electron chi connectivity index (χ3n) is 1.25. The molecule has 0 spiro atoms. The molecule has 0 saturated carbocycles. The summed E-state index contributed by atoms with van der Waals surface area (Å²) in [5, 5.41) is 8.48. The van der Waals surface area contributed by atoms with Gasteiger partial charge in [-0.2, -0.15) is 4.98 Å². The Balaban J connectivity index is 2.49. The molecule has 0 aromatic carbocycles. The van der Waals surface area contributed by atoms with Gasteiger partial charge in [-0.1, -0.05) is 6.08 Å². The van der Waals surface area contributed by atoms with Crippen molar-refractivity contribution in [3.63, 3.8) is 0 Å². The number of aromatic nitrogens is 1. The van der Waals surface area contributed by atoms with Gasteiger partial charge in [0.2, 0.25) is 0 Å². The van der Waals surface area contributed by atoms with E-state index in [1.165, 1.54) is 0 Å². The fraction of sp³-hybridized carbons (Fsp3) is 0.250. The maximum atomic E-state index is 10.4. The lowest BCUT2D eigenvalue weighted by Gasteiger charge is -1.95. The lowest BCUT2D eigenvalue weighted by molar-refractivity contribution is 0.0690. The molecule has 1 aromatic heterocycles. The van der Waals surface area contributed by atoms with Gasteiger partial charge in [0, 0.05) is 0 Å². The maximum absolute atomic E-state index is 10.4. The van der Waals surface area contributed by atoms with E-state index >= 15 is 0 Å². The summed E-state index contributed by atoms with van der Waals surface area (Å²) in [5.74, 6) is -1.14. The number of nitrogens with zero attached hydrogens (tertiary/aromatic N) is 1. The average Bonchev–Trinajstić information content (AvgIpc) is 2.53. The molecule has 5 heteroatoms. The molecule has 0 unspecified atom stereocenters. The number of carbonyl (C=O) groups is 1. The van der Waals surface area contributed by atoms with Crippen LogP contribution in [0.25, 0.3) is 0 Å². The van der Waals surface area contributed by atoms with E-state index in [1.54, 1.807) is 6.08 Å². The van der Waals surface area contributed by atoms with Gasteiger partial charge in [0.05, 0.1) is 6.61 Å². The van der Waals surface area contributed by atoms with E-state index in [2.05, 4.69) is 11.6 Å². The SMILES string of the molecule is C=CCCOc1nc(C(=O)O)co1. The molecular weight excluding hydrogens is 174 g/mol. The molecule has 0 aliphatic rings. The summed E-state index contributed by atoms with van der Waals surface area (Å²) >= 11 is 0. The number of hydrogen-bond donors (Lipinski definition) is 1. The fourth-order valence-electron chi connectivity index (χ4n) is 0.651. The van der Waals surface area contributed by atoms with Crippen LogP contribution in [0.3, 0.4) is 0 Å². The third-order valence-corrected chi connectivity index (χ3v) is 1.25. The lowest BCUT2D eigenvalue weighted by Crippen LogP contribution is -1.98. The minimum atomic E-state index is -1.14. The van der Waals surface area contributed by atoms with Crippen molar-refractivity contribution in [2.75, 3.05) is 6.61 Å². The first-order chi connectivity index (χ1) is 6.24. The van der Waals surface area contributed by atoms with Crippen molar-refractivity contribution in [2.24, 2.45) is 0 Å². The first kappa shape index (κ1) is 9.31. The van der Waals surface area contributed by atoms with Crippen molar-refractivity contribution in [1.82, 2.24) is 4.98 Å². The Morgan fingerprint density at radius 3 is 3.15 bits per heavy atom. The standard InChI is InChI=1S/C8H9NO4/c1-2-3-4-12-8-9-6(5-13-8)7(10)11/h2,5H,1,3-4H2,(H,10,11). The van der Waals surface area contributed by atoms with Crippen LogP contribution in [0.1, 0.15) is 16.9 Å². The zero-order chi connectivity index (χ0) is 9.68. The van der Waals surface area contributed by atoms with Crippen LogP contribution in [0.5, 0.6) is 6.08 Å². The van der Waals surface area contributed by atoms with Crippen molar-refractivity contribution in [3.8, 4) is 6.08 Å². The zero-order valence-corrected chi connectivity index (χ0v) is 6.90. The number of carboxylic acid groups (broad SMARTS) is 1. The summed E-state index contributed by atoms with van der Waals surface area (Å²) in [6.07, 6.45) is 3.34. The summed E-state index contributed by atoms with van der Waals surface area (Å²) in [6.45, 7) is 3.88. The Kier molecular flexibility index (Phi) is 3.08. The van der Waals surface area contributed by atoms with Gasteiger partial charge in [-0.05, 0) is 6.42 Å². The molecule has 0 bridgehead atoms. The van der Waals surface area contributed by atoms with E-state index in [1.807, 2.05) is 0 Å². The molecule has 1 heterocycles. The third kappa shape index (κ3) is 2.62. The summed E-state index contributed by atoms with van der Waals surface area (Å²) in [7, 11) is 0. The minimum Gasteiger partial charge on any atom is -0.476 e. The highest BCUT2D eigenvalue weighted by atomic mass is 16.6. The van der Waals surface area contributed by atoms with Gasteiger partial charge in [0.1, 0.15) is 6.26 Å². The average molecular weight is 183 g/mol. The maximum Gasteiger partial charge on any atom is 0.394 e. The van der Waals surface area contributed by atoms with E-state index in [-0.39, 0.29) is 11.8 Å². The van der Waals surface area contributed by atoms with Crippen LogP contribution >= 0.6 is 0 Å². The van der Waals surface area contributed by atoms with Gasteiger partial charge < -0.3 is 14.3 Å². The van der Waals surface area contributed by atoms with Crippen LogP contribution in [-0.4, -0.2) is 22.7 Å². The van der Waals surface area contributed by atoms with Gasteiger partial charge in [-0.3, -0.25) is 0 Å². The van der Waals surface area contributed by atoms with Crippen molar-refractivity contribution < 1.29 is 19.1 Å². The molecule has 0 saturated heterocycles. The summed E-state index contributed by atoms with van der Waals surface area (Å²) in [5.41, 5.74) is -0.159. The highest BCUT2D eigenvalue weighted by Crippen LogP contribution is 2.09. The van der Waals surface area contributed by atoms with Gasteiger partial charge in [-0.15, -0.1) is 6.58 Å². The number of hydrogen-bond acceptors (Lipinski definition) is 4. The first-order valence-electron chi connectivity index (χ1n) is 3.66. The van der Waals surface area contributed by atoms with Gasteiger partial charge in [0.25, 0.3) is 0 Å². The van der Waals surface area contributed by atoms with Gasteiger partial charge in [0.15, 0.2) is 5.69 Å². The van der Waals surface area contributed by atoms with Crippen molar-refractivity contribution in [2.45, 2.75) is 6.42 Å². The van der Waals surface area contributed by atoms with E-state index in [0.29, 0.717) is 13.0 Å². The van der Waals surface area contributed by atoms with Crippen molar-refractivity contribution in [3.05, 3.63) is 24.6 Å². The largest absolute Gasteiger partial charge is 0.476 e. The molecule has 0 aliphatic heterocycles. The quantitative estimate of drug-likeness (QED) is 0.550. The van der Waals surface area contributed by atoms with Crippen LogP contribution in [-0.2, 0) is 0 Å². The predicted octanol–water partition coefficient (Wildman–Crippen LogP) is 1.33. The Hall–Kier alpha value is -1.78. The topological polar surface area (TPSA) is 72.6 Å². The van der Waals surface area contributed by atoms with Crippen LogP contribution in [0.2, 0.25) is 0 Å². The highest BCUT2D eigenvalue weighted by Gasteiger charge is 2.10. The summed E-state index contributed by atoms with van der Waals surface area (Å²) < 4.78 is 9.69. The second-order valence-corrected chi connectivity index (χ2v) is 2.23. The minimum absolute atomic E-state index is 0.0285. The monoisotopic (exact) mass is 183 g/mol. The van der Waals surface area contributed by atoms with Crippen molar-refractivity contribution in [1.29, 1.82) is 0 Å². The summed E-state index contributed by atoms with van der Waals surface area (Å²) in [6, 6.07) is 0. The number of aromatic carboxylic acids is 1. The molecule has 0 fully saturated rings. The van der Waals surface area contributed by atoms with E-state index in [0.717, 1.165) is 6.26 Å². The number of oxazole rings is 1. The van der Waals surface area contributed by atoms with Crippen LogP contribution in [0, 0.1) is 0 Å². The molecule has 1 N–H and O–H groups in total. The lowest BCUT2D eigenvalue weighted by atomic mass is 10.5. The fourth-order valence-corrected chi connectivity index (χ4v) is 0.651. The van der Waals surface area contributed by atoms with Crippen LogP contribution in [0.15, 0.2) is 23.3 Å². The Morgan fingerprint density at radius 2 is 2.62 bits per heavy atom. The molecular formula is C8H9NO4. The normalized spacial score (nSPS) is 9.54. The smallest absolute Gasteiger partial charge is 0.394 e. The number of carboxylic acids is 1. The molecule has 0 radical (unpaired) electrons. The molecule has 5 nitrogen and oxygen atoms in total. The number of rotatable bonds is 5. The Bertz CT molecular complexity index is 305. The highest BCUT2D eigenvalue weighted by molar-refractivity contribution is 5.84. The van der Waals surface area contributed by atoms with Crippen LogP contribution < -0.4 is 4.74 Å². The summed E-state index contributed by atoms with van der Waals surface area (Å²) in [4.78, 5) is 13.9. The molecule has 70 valence electrons. The molecule has 0 atom stereocenters. The van der Waals surface area contributed by atoms with E-state index < -0.39 is 5.97 Å². The van der Waals surface area contributed by atoms with Gasteiger partial charge >= 0.3 is 12.0 Å². The Labute approximate surface area is 74.6 Å². The van der Waals surface area contributed by atoms with E-state index in [9.17, 15) is 4.79 Å². The molecule has 0 aliphatic carbocycles. The first-order valence-corrected chi connectivity index (χ1v) is 3.66. The predicted molar refractivity (Wildman–Crippen MR) is 43.8 cm³/mol. The van der Waals surface area contributed by atoms with Gasteiger partial charge in [-0.25, -0.2) is 4.79 Å². The molecule has 13 heavy (non-hydrogen) atoms. The van der Waals surface area contributed by atoms with Crippen molar-refractivity contribution >= 4 is 5.97 Å².